The van der Waals surface area contributed by atoms with Crippen molar-refractivity contribution in [2.24, 2.45) is 5.92 Å². The second kappa shape index (κ2) is 8.18. The monoisotopic (exact) mass is 288 g/mol. The Labute approximate surface area is 128 Å². The van der Waals surface area contributed by atoms with Crippen molar-refractivity contribution < 1.29 is 4.79 Å². The predicted molar refractivity (Wildman–Crippen MR) is 87.3 cm³/mol. The SMILES string of the molecule is CCCN(CC1CCNCC1)C(=O)C(C)c1ccccc1. The summed E-state index contributed by atoms with van der Waals surface area (Å²) in [6.07, 6.45) is 3.40. The summed E-state index contributed by atoms with van der Waals surface area (Å²) >= 11 is 0. The molecule has 3 nitrogen and oxygen atoms in total. The first-order valence-electron chi connectivity index (χ1n) is 8.26. The van der Waals surface area contributed by atoms with Gasteiger partial charge in [0.15, 0.2) is 0 Å². The van der Waals surface area contributed by atoms with Gasteiger partial charge in [0.05, 0.1) is 5.92 Å². The minimum atomic E-state index is -0.0422. The molecule has 1 N–H and O–H groups in total. The summed E-state index contributed by atoms with van der Waals surface area (Å²) in [4.78, 5) is 14.9. The van der Waals surface area contributed by atoms with Crippen LogP contribution in [0.4, 0.5) is 0 Å². The number of carbonyl (C=O) groups is 1. The zero-order valence-electron chi connectivity index (χ0n) is 13.3. The number of hydrogen-bond donors (Lipinski definition) is 1. The highest BCUT2D eigenvalue weighted by molar-refractivity contribution is 5.83. The largest absolute Gasteiger partial charge is 0.342 e. The van der Waals surface area contributed by atoms with Gasteiger partial charge in [-0.25, -0.2) is 0 Å². The van der Waals surface area contributed by atoms with Crippen molar-refractivity contribution in [1.29, 1.82) is 0 Å². The van der Waals surface area contributed by atoms with Crippen LogP contribution < -0.4 is 5.32 Å². The van der Waals surface area contributed by atoms with E-state index in [0.717, 1.165) is 38.2 Å². The molecule has 1 atom stereocenters. The number of piperidine rings is 1. The minimum absolute atomic E-state index is 0.0422. The van der Waals surface area contributed by atoms with E-state index in [1.165, 1.54) is 12.8 Å². The van der Waals surface area contributed by atoms with Gasteiger partial charge in [-0.1, -0.05) is 37.3 Å². The molecule has 1 fully saturated rings. The van der Waals surface area contributed by atoms with Crippen molar-refractivity contribution in [3.8, 4) is 0 Å². The average molecular weight is 288 g/mol. The van der Waals surface area contributed by atoms with Crippen molar-refractivity contribution in [1.82, 2.24) is 10.2 Å². The first kappa shape index (κ1) is 16.0. The Hall–Kier alpha value is -1.35. The quantitative estimate of drug-likeness (QED) is 0.872. The maximum absolute atomic E-state index is 12.8. The number of rotatable bonds is 6. The molecule has 1 aliphatic heterocycles. The van der Waals surface area contributed by atoms with Gasteiger partial charge in [0.25, 0.3) is 0 Å². The van der Waals surface area contributed by atoms with Crippen molar-refractivity contribution in [2.45, 2.75) is 39.0 Å². The Kier molecular flexibility index (Phi) is 6.24. The van der Waals surface area contributed by atoms with Gasteiger partial charge >= 0.3 is 0 Å². The van der Waals surface area contributed by atoms with Crippen molar-refractivity contribution in [2.75, 3.05) is 26.2 Å². The second-order valence-corrected chi connectivity index (χ2v) is 6.11. The number of nitrogens with zero attached hydrogens (tertiary/aromatic N) is 1. The predicted octanol–water partition coefficient (Wildman–Crippen LogP) is 3.03. The topological polar surface area (TPSA) is 32.3 Å². The Morgan fingerprint density at radius 3 is 2.57 bits per heavy atom. The zero-order chi connectivity index (χ0) is 15.1. The number of hydrogen-bond acceptors (Lipinski definition) is 2. The Morgan fingerprint density at radius 1 is 1.29 bits per heavy atom. The van der Waals surface area contributed by atoms with Gasteiger partial charge in [-0.05, 0) is 50.8 Å². The summed E-state index contributed by atoms with van der Waals surface area (Å²) < 4.78 is 0. The molecule has 1 heterocycles. The van der Waals surface area contributed by atoms with E-state index < -0.39 is 0 Å². The minimum Gasteiger partial charge on any atom is -0.342 e. The van der Waals surface area contributed by atoms with E-state index in [2.05, 4.69) is 29.3 Å². The fourth-order valence-corrected chi connectivity index (χ4v) is 3.10. The molecule has 0 aromatic heterocycles. The lowest BCUT2D eigenvalue weighted by molar-refractivity contribution is -0.133. The number of benzene rings is 1. The molecule has 0 bridgehead atoms. The van der Waals surface area contributed by atoms with Gasteiger partial charge < -0.3 is 10.2 Å². The summed E-state index contributed by atoms with van der Waals surface area (Å²) in [5.74, 6) is 0.894. The highest BCUT2D eigenvalue weighted by Crippen LogP contribution is 2.20. The maximum atomic E-state index is 12.8. The summed E-state index contributed by atoms with van der Waals surface area (Å²) in [7, 11) is 0. The van der Waals surface area contributed by atoms with E-state index >= 15 is 0 Å². The third kappa shape index (κ3) is 4.57. The van der Waals surface area contributed by atoms with E-state index in [0.29, 0.717) is 5.92 Å². The van der Waals surface area contributed by atoms with Crippen LogP contribution in [0.1, 0.15) is 44.6 Å². The molecule has 2 rings (SSSR count). The van der Waals surface area contributed by atoms with Crippen molar-refractivity contribution >= 4 is 5.91 Å². The molecule has 1 aliphatic rings. The van der Waals surface area contributed by atoms with Gasteiger partial charge in [0.2, 0.25) is 5.91 Å². The highest BCUT2D eigenvalue weighted by atomic mass is 16.2. The van der Waals surface area contributed by atoms with E-state index in [9.17, 15) is 4.79 Å². The molecule has 0 aliphatic carbocycles. The Bertz CT molecular complexity index is 426. The third-order valence-electron chi connectivity index (χ3n) is 4.41. The molecule has 116 valence electrons. The van der Waals surface area contributed by atoms with Gasteiger partial charge in [-0.2, -0.15) is 0 Å². The molecule has 21 heavy (non-hydrogen) atoms. The molecule has 0 radical (unpaired) electrons. The first-order valence-corrected chi connectivity index (χ1v) is 8.26. The molecule has 3 heteroatoms. The van der Waals surface area contributed by atoms with E-state index in [1.54, 1.807) is 0 Å². The Morgan fingerprint density at radius 2 is 1.95 bits per heavy atom. The molecule has 0 spiro atoms. The van der Waals surface area contributed by atoms with E-state index in [-0.39, 0.29) is 11.8 Å². The van der Waals surface area contributed by atoms with Crippen molar-refractivity contribution in [3.63, 3.8) is 0 Å². The Balaban J connectivity index is 2.00. The fourth-order valence-electron chi connectivity index (χ4n) is 3.10. The maximum Gasteiger partial charge on any atom is 0.229 e. The van der Waals surface area contributed by atoms with Crippen LogP contribution in [0.2, 0.25) is 0 Å². The first-order chi connectivity index (χ1) is 10.2. The van der Waals surface area contributed by atoms with Crippen LogP contribution in [0, 0.1) is 5.92 Å². The van der Waals surface area contributed by atoms with Gasteiger partial charge in [-0.15, -0.1) is 0 Å². The third-order valence-corrected chi connectivity index (χ3v) is 4.41. The van der Waals surface area contributed by atoms with Crippen LogP contribution in [-0.2, 0) is 4.79 Å². The molecule has 0 saturated carbocycles. The number of carbonyl (C=O) groups excluding carboxylic acids is 1. The van der Waals surface area contributed by atoms with Gasteiger partial charge in [0.1, 0.15) is 0 Å². The van der Waals surface area contributed by atoms with Crippen LogP contribution in [0.15, 0.2) is 30.3 Å². The fraction of sp³-hybridized carbons (Fsp3) is 0.611. The molecule has 1 amide bonds. The van der Waals surface area contributed by atoms with E-state index in [1.807, 2.05) is 25.1 Å². The van der Waals surface area contributed by atoms with Gasteiger partial charge in [-0.3, -0.25) is 4.79 Å². The van der Waals surface area contributed by atoms with Gasteiger partial charge in [0, 0.05) is 13.1 Å². The van der Waals surface area contributed by atoms with Crippen LogP contribution in [0.5, 0.6) is 0 Å². The second-order valence-electron chi connectivity index (χ2n) is 6.11. The summed E-state index contributed by atoms with van der Waals surface area (Å²) in [6.45, 7) is 8.16. The zero-order valence-corrected chi connectivity index (χ0v) is 13.3. The molecular formula is C18H28N2O. The van der Waals surface area contributed by atoms with Crippen LogP contribution >= 0.6 is 0 Å². The van der Waals surface area contributed by atoms with Crippen LogP contribution in [0.25, 0.3) is 0 Å². The van der Waals surface area contributed by atoms with Crippen LogP contribution in [0.3, 0.4) is 0 Å². The lowest BCUT2D eigenvalue weighted by atomic mass is 9.95. The molecule has 1 saturated heterocycles. The average Bonchev–Trinajstić information content (AvgIpc) is 2.55. The number of nitrogens with one attached hydrogen (secondary N) is 1. The van der Waals surface area contributed by atoms with Crippen molar-refractivity contribution in [3.05, 3.63) is 35.9 Å². The normalized spacial score (nSPS) is 17.4. The standard InChI is InChI=1S/C18H28N2O/c1-3-13-20(14-16-9-11-19-12-10-16)18(21)15(2)17-7-5-4-6-8-17/h4-8,15-16,19H,3,9-14H2,1-2H3. The molecular weight excluding hydrogens is 260 g/mol. The lowest BCUT2D eigenvalue weighted by Gasteiger charge is -2.31. The number of amides is 1. The highest BCUT2D eigenvalue weighted by Gasteiger charge is 2.24. The summed E-state index contributed by atoms with van der Waals surface area (Å²) in [5, 5.41) is 3.39. The smallest absolute Gasteiger partial charge is 0.229 e. The summed E-state index contributed by atoms with van der Waals surface area (Å²) in [6, 6.07) is 10.1. The van der Waals surface area contributed by atoms with E-state index in [4.69, 9.17) is 0 Å². The lowest BCUT2D eigenvalue weighted by Crippen LogP contribution is -2.41. The summed E-state index contributed by atoms with van der Waals surface area (Å²) in [5.41, 5.74) is 1.12. The molecule has 1 unspecified atom stereocenters. The van der Waals surface area contributed by atoms with Crippen LogP contribution in [-0.4, -0.2) is 37.0 Å². The molecule has 1 aromatic rings. The molecule has 1 aromatic carbocycles.